The van der Waals surface area contributed by atoms with Crippen LogP contribution in [0.3, 0.4) is 0 Å². The summed E-state index contributed by atoms with van der Waals surface area (Å²) in [5.41, 5.74) is 0.689. The molecule has 1 atom stereocenters. The van der Waals surface area contributed by atoms with E-state index >= 15 is 0 Å². The van der Waals surface area contributed by atoms with Crippen molar-refractivity contribution in [2.24, 2.45) is 0 Å². The van der Waals surface area contributed by atoms with Crippen molar-refractivity contribution >= 4 is 11.9 Å². The predicted molar refractivity (Wildman–Crippen MR) is 77.3 cm³/mol. The smallest absolute Gasteiger partial charge is 0.328 e. The van der Waals surface area contributed by atoms with E-state index in [0.29, 0.717) is 11.3 Å². The number of methoxy groups -OCH3 is 1. The van der Waals surface area contributed by atoms with Crippen LogP contribution >= 0.6 is 0 Å². The maximum atomic E-state index is 11.9. The van der Waals surface area contributed by atoms with Gasteiger partial charge in [-0.1, -0.05) is 24.3 Å². The van der Waals surface area contributed by atoms with Gasteiger partial charge in [-0.25, -0.2) is 4.79 Å². The van der Waals surface area contributed by atoms with Gasteiger partial charge in [-0.3, -0.25) is 4.79 Å². The van der Waals surface area contributed by atoms with Gasteiger partial charge in [0.1, 0.15) is 5.75 Å². The number of hydrogen-bond donors (Lipinski definition) is 2. The number of aliphatic carboxylic acids is 1. The van der Waals surface area contributed by atoms with Gasteiger partial charge < -0.3 is 19.9 Å². The molecule has 0 heterocycles. The molecule has 1 aromatic rings. The van der Waals surface area contributed by atoms with Gasteiger partial charge in [0, 0.05) is 5.56 Å². The molecule has 6 nitrogen and oxygen atoms in total. The van der Waals surface area contributed by atoms with Crippen LogP contribution in [0.5, 0.6) is 5.75 Å². The molecule has 1 aromatic carbocycles. The second-order valence-electron chi connectivity index (χ2n) is 4.27. The Morgan fingerprint density at radius 3 is 2.76 bits per heavy atom. The fraction of sp³-hybridized carbons (Fsp3) is 0.333. The molecule has 114 valence electrons. The zero-order valence-electron chi connectivity index (χ0n) is 11.9. The minimum absolute atomic E-state index is 0.0370. The lowest BCUT2D eigenvalue weighted by Crippen LogP contribution is -2.44. The summed E-state index contributed by atoms with van der Waals surface area (Å²) >= 11 is 0. The monoisotopic (exact) mass is 293 g/mol. The minimum atomic E-state index is -1.15. The van der Waals surface area contributed by atoms with Crippen molar-refractivity contribution in [2.45, 2.75) is 12.5 Å². The SMILES string of the molecule is C=CCOCC(NC(=O)Cc1ccccc1OC)C(=O)O. The van der Waals surface area contributed by atoms with Gasteiger partial charge in [0.05, 0.1) is 26.7 Å². The van der Waals surface area contributed by atoms with Crippen LogP contribution in [0, 0.1) is 0 Å². The van der Waals surface area contributed by atoms with Crippen LogP contribution in [0.4, 0.5) is 0 Å². The van der Waals surface area contributed by atoms with Gasteiger partial charge in [-0.2, -0.15) is 0 Å². The topological polar surface area (TPSA) is 84.9 Å². The lowest BCUT2D eigenvalue weighted by atomic mass is 10.1. The quantitative estimate of drug-likeness (QED) is 0.524. The molecule has 0 spiro atoms. The van der Waals surface area contributed by atoms with E-state index in [1.165, 1.54) is 13.2 Å². The van der Waals surface area contributed by atoms with E-state index in [-0.39, 0.29) is 19.6 Å². The zero-order valence-corrected chi connectivity index (χ0v) is 11.9. The van der Waals surface area contributed by atoms with Crippen molar-refractivity contribution in [2.75, 3.05) is 20.3 Å². The molecule has 1 unspecified atom stereocenters. The molecule has 0 aliphatic rings. The van der Waals surface area contributed by atoms with E-state index in [2.05, 4.69) is 11.9 Å². The average molecular weight is 293 g/mol. The van der Waals surface area contributed by atoms with E-state index in [4.69, 9.17) is 14.6 Å². The highest BCUT2D eigenvalue weighted by Crippen LogP contribution is 2.17. The van der Waals surface area contributed by atoms with Crippen molar-refractivity contribution in [3.8, 4) is 5.75 Å². The first-order valence-electron chi connectivity index (χ1n) is 6.41. The van der Waals surface area contributed by atoms with Crippen LogP contribution in [0.2, 0.25) is 0 Å². The summed E-state index contributed by atoms with van der Waals surface area (Å²) in [4.78, 5) is 23.0. The second kappa shape index (κ2) is 8.76. The van der Waals surface area contributed by atoms with E-state index < -0.39 is 17.9 Å². The van der Waals surface area contributed by atoms with Gasteiger partial charge >= 0.3 is 5.97 Å². The highest BCUT2D eigenvalue weighted by molar-refractivity contribution is 5.85. The Kier molecular flexibility index (Phi) is 6.97. The third kappa shape index (κ3) is 5.66. The predicted octanol–water partition coefficient (Wildman–Crippen LogP) is 1.01. The molecule has 0 aromatic heterocycles. The Balaban J connectivity index is 2.61. The highest BCUT2D eigenvalue weighted by atomic mass is 16.5. The molecule has 0 radical (unpaired) electrons. The van der Waals surface area contributed by atoms with Crippen LogP contribution in [0.1, 0.15) is 5.56 Å². The molecular weight excluding hydrogens is 274 g/mol. The maximum Gasteiger partial charge on any atom is 0.328 e. The molecule has 0 aliphatic carbocycles. The van der Waals surface area contributed by atoms with E-state index in [9.17, 15) is 9.59 Å². The largest absolute Gasteiger partial charge is 0.496 e. The molecule has 0 saturated carbocycles. The number of benzene rings is 1. The number of hydrogen-bond acceptors (Lipinski definition) is 4. The first kappa shape index (κ1) is 16.7. The number of ether oxygens (including phenoxy) is 2. The minimum Gasteiger partial charge on any atom is -0.496 e. The Morgan fingerprint density at radius 1 is 1.43 bits per heavy atom. The maximum absolute atomic E-state index is 11.9. The number of carboxylic acids is 1. The lowest BCUT2D eigenvalue weighted by molar-refractivity contribution is -0.143. The van der Waals surface area contributed by atoms with Crippen molar-refractivity contribution in [1.82, 2.24) is 5.32 Å². The molecule has 1 amide bonds. The summed E-state index contributed by atoms with van der Waals surface area (Å²) in [6.45, 7) is 3.58. The van der Waals surface area contributed by atoms with E-state index in [0.717, 1.165) is 0 Å². The van der Waals surface area contributed by atoms with E-state index in [1.54, 1.807) is 24.3 Å². The first-order valence-corrected chi connectivity index (χ1v) is 6.41. The Hall–Kier alpha value is -2.34. The molecule has 2 N–H and O–H groups in total. The number of rotatable bonds is 9. The van der Waals surface area contributed by atoms with E-state index in [1.807, 2.05) is 0 Å². The van der Waals surface area contributed by atoms with Crippen LogP contribution < -0.4 is 10.1 Å². The summed E-state index contributed by atoms with van der Waals surface area (Å²) in [7, 11) is 1.51. The number of nitrogens with one attached hydrogen (secondary N) is 1. The molecule has 0 fully saturated rings. The summed E-state index contributed by atoms with van der Waals surface area (Å²) in [6.07, 6.45) is 1.55. The van der Waals surface area contributed by atoms with Gasteiger partial charge in [0.2, 0.25) is 5.91 Å². The zero-order chi connectivity index (χ0) is 15.7. The number of carbonyl (C=O) groups excluding carboxylic acids is 1. The normalized spacial score (nSPS) is 11.5. The fourth-order valence-electron chi connectivity index (χ4n) is 1.71. The standard InChI is InChI=1S/C15H19NO5/c1-3-8-21-10-12(15(18)19)16-14(17)9-11-6-4-5-7-13(11)20-2/h3-7,12H,1,8-10H2,2H3,(H,16,17)(H,18,19). The lowest BCUT2D eigenvalue weighted by Gasteiger charge is -2.15. The van der Waals surface area contributed by atoms with Crippen LogP contribution in [-0.4, -0.2) is 43.3 Å². The second-order valence-corrected chi connectivity index (χ2v) is 4.27. The van der Waals surface area contributed by atoms with Crippen LogP contribution in [-0.2, 0) is 20.7 Å². The molecule has 0 aliphatic heterocycles. The molecule has 6 heteroatoms. The van der Waals surface area contributed by atoms with Crippen LogP contribution in [0.25, 0.3) is 0 Å². The van der Waals surface area contributed by atoms with Crippen molar-refractivity contribution in [1.29, 1.82) is 0 Å². The van der Waals surface area contributed by atoms with Gasteiger partial charge in [-0.05, 0) is 6.07 Å². The number of carboxylic acid groups (broad SMARTS) is 1. The number of amides is 1. The Bertz CT molecular complexity index is 501. The molecule has 0 bridgehead atoms. The summed E-state index contributed by atoms with van der Waals surface area (Å²) in [6, 6.07) is 5.98. The number of para-hydroxylation sites is 1. The third-order valence-corrected chi connectivity index (χ3v) is 2.70. The molecule has 1 rings (SSSR count). The molecule has 0 saturated heterocycles. The number of carbonyl (C=O) groups is 2. The third-order valence-electron chi connectivity index (χ3n) is 2.70. The Labute approximate surface area is 123 Å². The molecular formula is C15H19NO5. The summed E-state index contributed by atoms with van der Waals surface area (Å²) in [5, 5.41) is 11.5. The summed E-state index contributed by atoms with van der Waals surface area (Å²) in [5.74, 6) is -0.969. The van der Waals surface area contributed by atoms with Gasteiger partial charge in [0.25, 0.3) is 0 Å². The molecule has 21 heavy (non-hydrogen) atoms. The van der Waals surface area contributed by atoms with Crippen molar-refractivity contribution in [3.63, 3.8) is 0 Å². The van der Waals surface area contributed by atoms with Gasteiger partial charge in [-0.15, -0.1) is 6.58 Å². The Morgan fingerprint density at radius 2 is 2.14 bits per heavy atom. The van der Waals surface area contributed by atoms with Crippen molar-refractivity contribution in [3.05, 3.63) is 42.5 Å². The fourth-order valence-corrected chi connectivity index (χ4v) is 1.71. The van der Waals surface area contributed by atoms with Gasteiger partial charge in [0.15, 0.2) is 6.04 Å². The van der Waals surface area contributed by atoms with Crippen molar-refractivity contribution < 1.29 is 24.2 Å². The first-order chi connectivity index (χ1) is 10.1. The highest BCUT2D eigenvalue weighted by Gasteiger charge is 2.20. The van der Waals surface area contributed by atoms with Crippen LogP contribution in [0.15, 0.2) is 36.9 Å². The average Bonchev–Trinajstić information content (AvgIpc) is 2.46. The summed E-state index contributed by atoms with van der Waals surface area (Å²) < 4.78 is 10.2.